The van der Waals surface area contributed by atoms with E-state index in [-0.39, 0.29) is 0 Å². The Balaban J connectivity index is 2.61. The second-order valence-corrected chi connectivity index (χ2v) is 10.2. The molecule has 23 heavy (non-hydrogen) atoms. The van der Waals surface area contributed by atoms with E-state index < -0.39 is 18.3 Å². The number of benzene rings is 2. The van der Waals surface area contributed by atoms with Crippen molar-refractivity contribution in [2.24, 2.45) is 0 Å². The van der Waals surface area contributed by atoms with E-state index in [4.69, 9.17) is 4.52 Å². The third kappa shape index (κ3) is 3.95. The molecule has 124 valence electrons. The minimum Gasteiger partial charge on any atom is -0.375 e. The highest BCUT2D eigenvalue weighted by atomic mass is 79.9. The molecule has 3 nitrogen and oxygen atoms in total. The zero-order chi connectivity index (χ0) is 17.3. The molecular formula is C18H22BrO3P. The molecule has 0 aliphatic carbocycles. The number of aliphatic hydroxyl groups is 1. The van der Waals surface area contributed by atoms with Gasteiger partial charge in [0, 0.05) is 9.78 Å². The first-order valence-corrected chi connectivity index (χ1v) is 9.83. The van der Waals surface area contributed by atoms with Crippen LogP contribution in [-0.2, 0) is 14.4 Å². The second-order valence-electron chi connectivity index (χ2n) is 6.62. The van der Waals surface area contributed by atoms with Gasteiger partial charge in [0.15, 0.2) is 5.34 Å². The summed E-state index contributed by atoms with van der Waals surface area (Å²) >= 11 is 3.37. The molecule has 0 unspecified atom stereocenters. The van der Waals surface area contributed by atoms with Crippen molar-refractivity contribution in [3.63, 3.8) is 0 Å². The molecule has 2 aromatic rings. The lowest BCUT2D eigenvalue weighted by atomic mass is 10.1. The molecule has 0 spiro atoms. The molecule has 2 atom stereocenters. The van der Waals surface area contributed by atoms with Gasteiger partial charge in [-0.25, -0.2) is 0 Å². The van der Waals surface area contributed by atoms with Crippen molar-refractivity contribution in [2.75, 3.05) is 0 Å². The summed E-state index contributed by atoms with van der Waals surface area (Å²) in [5, 5.41) is 10.1. The van der Waals surface area contributed by atoms with Crippen LogP contribution < -0.4 is 5.30 Å². The SMILES string of the molecule is CC(C)(C)O[P@@](=O)(c1ccccc1)[C@](C)(O)c1ccc(Br)cc1. The van der Waals surface area contributed by atoms with E-state index in [2.05, 4.69) is 15.9 Å². The molecule has 0 radical (unpaired) electrons. The second kappa shape index (κ2) is 6.52. The van der Waals surface area contributed by atoms with Gasteiger partial charge in [0.1, 0.15) is 0 Å². The van der Waals surface area contributed by atoms with E-state index in [9.17, 15) is 9.67 Å². The van der Waals surface area contributed by atoms with Crippen LogP contribution in [0.5, 0.6) is 0 Å². The summed E-state index contributed by atoms with van der Waals surface area (Å²) in [5.74, 6) is 0. The molecule has 0 saturated heterocycles. The van der Waals surface area contributed by atoms with Crippen LogP contribution in [0.4, 0.5) is 0 Å². The Morgan fingerprint density at radius 1 is 0.957 bits per heavy atom. The lowest BCUT2D eigenvalue weighted by Crippen LogP contribution is -2.33. The van der Waals surface area contributed by atoms with Crippen LogP contribution in [-0.4, -0.2) is 10.7 Å². The molecule has 0 amide bonds. The summed E-state index contributed by atoms with van der Waals surface area (Å²) in [5.41, 5.74) is -0.109. The van der Waals surface area contributed by atoms with Gasteiger partial charge in [0.2, 0.25) is 0 Å². The van der Waals surface area contributed by atoms with Gasteiger partial charge in [-0.15, -0.1) is 0 Å². The van der Waals surface area contributed by atoms with E-state index in [1.165, 1.54) is 0 Å². The Bertz CT molecular complexity index is 703. The molecule has 0 aromatic heterocycles. The van der Waals surface area contributed by atoms with Crippen LogP contribution in [0, 0.1) is 0 Å². The average Bonchev–Trinajstić information content (AvgIpc) is 2.46. The minimum atomic E-state index is -3.59. The first-order valence-electron chi connectivity index (χ1n) is 7.41. The van der Waals surface area contributed by atoms with Crippen LogP contribution in [0.2, 0.25) is 0 Å². The van der Waals surface area contributed by atoms with Gasteiger partial charge < -0.3 is 9.63 Å². The van der Waals surface area contributed by atoms with Crippen molar-refractivity contribution < 1.29 is 14.2 Å². The maximum absolute atomic E-state index is 13.9. The molecule has 0 saturated carbocycles. The van der Waals surface area contributed by atoms with Gasteiger partial charge in [-0.2, -0.15) is 0 Å². The number of hydrogen-bond acceptors (Lipinski definition) is 3. The van der Waals surface area contributed by atoms with E-state index in [0.717, 1.165) is 4.47 Å². The Labute approximate surface area is 146 Å². The Morgan fingerprint density at radius 3 is 1.96 bits per heavy atom. The van der Waals surface area contributed by atoms with E-state index in [1.54, 1.807) is 43.3 Å². The quantitative estimate of drug-likeness (QED) is 0.736. The number of hydrogen-bond donors (Lipinski definition) is 1. The fourth-order valence-corrected chi connectivity index (χ4v) is 5.21. The maximum atomic E-state index is 13.9. The zero-order valence-electron chi connectivity index (χ0n) is 13.8. The van der Waals surface area contributed by atoms with E-state index in [1.807, 2.05) is 39.0 Å². The number of halogens is 1. The van der Waals surface area contributed by atoms with Crippen LogP contribution >= 0.6 is 23.3 Å². The fraction of sp³-hybridized carbons (Fsp3) is 0.333. The highest BCUT2D eigenvalue weighted by Gasteiger charge is 2.49. The maximum Gasteiger partial charge on any atom is 0.267 e. The van der Waals surface area contributed by atoms with Crippen molar-refractivity contribution in [2.45, 2.75) is 38.6 Å². The lowest BCUT2D eigenvalue weighted by molar-refractivity contribution is 0.0782. The van der Waals surface area contributed by atoms with Gasteiger partial charge in [0.25, 0.3) is 7.37 Å². The van der Waals surface area contributed by atoms with Gasteiger partial charge in [-0.05, 0) is 57.5 Å². The first kappa shape index (κ1) is 18.4. The van der Waals surface area contributed by atoms with E-state index >= 15 is 0 Å². The van der Waals surface area contributed by atoms with Crippen LogP contribution in [0.1, 0.15) is 33.3 Å². The topological polar surface area (TPSA) is 46.5 Å². The summed E-state index contributed by atoms with van der Waals surface area (Å²) in [6, 6.07) is 16.1. The monoisotopic (exact) mass is 396 g/mol. The van der Waals surface area contributed by atoms with Crippen LogP contribution in [0.15, 0.2) is 59.1 Å². The zero-order valence-corrected chi connectivity index (χ0v) is 16.3. The summed E-state index contributed by atoms with van der Waals surface area (Å²) in [7, 11) is -3.59. The molecule has 0 aliphatic heterocycles. The molecule has 0 aliphatic rings. The Hall–Kier alpha value is -0.930. The smallest absolute Gasteiger partial charge is 0.267 e. The predicted molar refractivity (Wildman–Crippen MR) is 98.2 cm³/mol. The average molecular weight is 397 g/mol. The minimum absolute atomic E-state index is 0.503. The third-order valence-corrected chi connectivity index (χ3v) is 7.18. The molecular weight excluding hydrogens is 375 g/mol. The standard InChI is InChI=1S/C18H22BrO3P/c1-17(2,3)22-23(21,16-8-6-5-7-9-16)18(4,20)14-10-12-15(19)13-11-14/h5-13,20H,1-4H3/t18-,23-/m0/s1. The van der Waals surface area contributed by atoms with Crippen molar-refractivity contribution >= 4 is 28.6 Å². The lowest BCUT2D eigenvalue weighted by Gasteiger charge is -2.37. The summed E-state index contributed by atoms with van der Waals surface area (Å²) in [4.78, 5) is 0. The first-order chi connectivity index (χ1) is 10.6. The van der Waals surface area contributed by atoms with Gasteiger partial charge in [-0.1, -0.05) is 46.3 Å². The van der Waals surface area contributed by atoms with Crippen molar-refractivity contribution in [3.8, 4) is 0 Å². The predicted octanol–water partition coefficient (Wildman–Crippen LogP) is 5.03. The number of rotatable bonds is 4. The van der Waals surface area contributed by atoms with Crippen molar-refractivity contribution in [1.29, 1.82) is 0 Å². The van der Waals surface area contributed by atoms with Crippen molar-refractivity contribution in [3.05, 3.63) is 64.6 Å². The molecule has 2 rings (SSSR count). The molecule has 0 fully saturated rings. The molecule has 0 heterocycles. The summed E-state index contributed by atoms with van der Waals surface area (Å²) in [6.45, 7) is 7.05. The summed E-state index contributed by atoms with van der Waals surface area (Å²) < 4.78 is 20.7. The summed E-state index contributed by atoms with van der Waals surface area (Å²) in [6.07, 6.45) is 0. The van der Waals surface area contributed by atoms with E-state index in [0.29, 0.717) is 10.9 Å². The van der Waals surface area contributed by atoms with Crippen LogP contribution in [0.3, 0.4) is 0 Å². The Kier molecular flexibility index (Phi) is 5.22. The van der Waals surface area contributed by atoms with Gasteiger partial charge in [-0.3, -0.25) is 4.57 Å². The van der Waals surface area contributed by atoms with Gasteiger partial charge >= 0.3 is 0 Å². The molecule has 1 N–H and O–H groups in total. The molecule has 5 heteroatoms. The van der Waals surface area contributed by atoms with Crippen molar-refractivity contribution in [1.82, 2.24) is 0 Å². The highest BCUT2D eigenvalue weighted by molar-refractivity contribution is 9.10. The molecule has 0 bridgehead atoms. The highest BCUT2D eigenvalue weighted by Crippen LogP contribution is 2.63. The third-order valence-electron chi connectivity index (χ3n) is 3.46. The fourth-order valence-electron chi connectivity index (χ4n) is 2.34. The van der Waals surface area contributed by atoms with Crippen LogP contribution in [0.25, 0.3) is 0 Å². The Morgan fingerprint density at radius 2 is 1.48 bits per heavy atom. The molecule has 2 aromatic carbocycles. The largest absolute Gasteiger partial charge is 0.375 e. The van der Waals surface area contributed by atoms with Gasteiger partial charge in [0.05, 0.1) is 5.60 Å². The normalized spacial score (nSPS) is 17.3.